The van der Waals surface area contributed by atoms with Crippen LogP contribution in [0.3, 0.4) is 0 Å². The standard InChI is InChI=1S/C17H23NO4/c1-3-20-17(19)13-6-8-18(9-7-13)12(2)14-4-5-15-16(10-14)22-11-21-15/h4-5,10,12-13H,3,6-9,11H2,1-2H3. The number of nitrogens with zero attached hydrogens (tertiary/aromatic N) is 1. The van der Waals surface area contributed by atoms with Gasteiger partial charge in [0.05, 0.1) is 12.5 Å². The first-order valence-electron chi connectivity index (χ1n) is 7.99. The molecular weight excluding hydrogens is 282 g/mol. The first-order valence-corrected chi connectivity index (χ1v) is 7.99. The van der Waals surface area contributed by atoms with Gasteiger partial charge in [0.25, 0.3) is 0 Å². The molecule has 120 valence electrons. The van der Waals surface area contributed by atoms with E-state index in [-0.39, 0.29) is 11.9 Å². The summed E-state index contributed by atoms with van der Waals surface area (Å²) in [6.45, 7) is 6.65. The Morgan fingerprint density at radius 1 is 1.32 bits per heavy atom. The molecule has 1 unspecified atom stereocenters. The zero-order valence-corrected chi connectivity index (χ0v) is 13.2. The van der Waals surface area contributed by atoms with Crippen LogP contribution in [0.2, 0.25) is 0 Å². The molecule has 1 atom stereocenters. The summed E-state index contributed by atoms with van der Waals surface area (Å²) in [7, 11) is 0. The number of hydrogen-bond acceptors (Lipinski definition) is 5. The fourth-order valence-electron chi connectivity index (χ4n) is 3.17. The lowest BCUT2D eigenvalue weighted by Crippen LogP contribution is -2.38. The summed E-state index contributed by atoms with van der Waals surface area (Å²) < 4.78 is 15.9. The van der Waals surface area contributed by atoms with Gasteiger partial charge >= 0.3 is 5.97 Å². The lowest BCUT2D eigenvalue weighted by atomic mass is 9.94. The van der Waals surface area contributed by atoms with Crippen molar-refractivity contribution in [3.63, 3.8) is 0 Å². The maximum atomic E-state index is 11.8. The Kier molecular flexibility index (Phi) is 4.52. The monoisotopic (exact) mass is 305 g/mol. The van der Waals surface area contributed by atoms with Crippen molar-refractivity contribution in [3.8, 4) is 11.5 Å². The molecule has 5 heteroatoms. The highest BCUT2D eigenvalue weighted by atomic mass is 16.7. The molecule has 0 N–H and O–H groups in total. The van der Waals surface area contributed by atoms with Crippen LogP contribution < -0.4 is 9.47 Å². The number of carbonyl (C=O) groups is 1. The molecule has 0 radical (unpaired) electrons. The van der Waals surface area contributed by atoms with E-state index in [9.17, 15) is 4.79 Å². The minimum Gasteiger partial charge on any atom is -0.466 e. The van der Waals surface area contributed by atoms with Gasteiger partial charge in [-0.15, -0.1) is 0 Å². The second-order valence-corrected chi connectivity index (χ2v) is 5.85. The third-order valence-corrected chi connectivity index (χ3v) is 4.58. The van der Waals surface area contributed by atoms with Gasteiger partial charge in [0.2, 0.25) is 6.79 Å². The SMILES string of the molecule is CCOC(=O)C1CCN(C(C)c2ccc3c(c2)OCO3)CC1. The number of likely N-dealkylation sites (tertiary alicyclic amines) is 1. The van der Waals surface area contributed by atoms with E-state index in [0.717, 1.165) is 37.4 Å². The van der Waals surface area contributed by atoms with Gasteiger partial charge < -0.3 is 14.2 Å². The molecule has 2 aliphatic heterocycles. The van der Waals surface area contributed by atoms with Crippen molar-refractivity contribution in [1.82, 2.24) is 4.90 Å². The Balaban J connectivity index is 1.60. The number of carbonyl (C=O) groups excluding carboxylic acids is 1. The predicted molar refractivity (Wildman–Crippen MR) is 81.9 cm³/mol. The van der Waals surface area contributed by atoms with E-state index in [1.807, 2.05) is 13.0 Å². The highest BCUT2D eigenvalue weighted by Gasteiger charge is 2.29. The van der Waals surface area contributed by atoms with Crippen LogP contribution >= 0.6 is 0 Å². The molecule has 3 rings (SSSR count). The molecule has 2 aliphatic rings. The van der Waals surface area contributed by atoms with Crippen molar-refractivity contribution in [2.24, 2.45) is 5.92 Å². The molecule has 0 amide bonds. The molecule has 0 aliphatic carbocycles. The highest BCUT2D eigenvalue weighted by Crippen LogP contribution is 2.36. The maximum absolute atomic E-state index is 11.8. The lowest BCUT2D eigenvalue weighted by Gasteiger charge is -2.35. The van der Waals surface area contributed by atoms with E-state index < -0.39 is 0 Å². The summed E-state index contributed by atoms with van der Waals surface area (Å²) in [6.07, 6.45) is 1.74. The number of piperidine rings is 1. The summed E-state index contributed by atoms with van der Waals surface area (Å²) in [6, 6.07) is 6.43. The smallest absolute Gasteiger partial charge is 0.309 e. The molecule has 5 nitrogen and oxygen atoms in total. The van der Waals surface area contributed by atoms with Gasteiger partial charge in [0, 0.05) is 6.04 Å². The van der Waals surface area contributed by atoms with Gasteiger partial charge in [0.15, 0.2) is 11.5 Å². The van der Waals surface area contributed by atoms with Crippen molar-refractivity contribution in [3.05, 3.63) is 23.8 Å². The molecule has 1 fully saturated rings. The molecule has 22 heavy (non-hydrogen) atoms. The first-order chi connectivity index (χ1) is 10.7. The summed E-state index contributed by atoms with van der Waals surface area (Å²) >= 11 is 0. The summed E-state index contributed by atoms with van der Waals surface area (Å²) in [5.74, 6) is 1.65. The van der Waals surface area contributed by atoms with Crippen molar-refractivity contribution >= 4 is 5.97 Å². The molecule has 0 saturated carbocycles. The molecule has 2 heterocycles. The quantitative estimate of drug-likeness (QED) is 0.801. The number of benzene rings is 1. The van der Waals surface area contributed by atoms with Crippen LogP contribution in [0.5, 0.6) is 11.5 Å². The molecule has 0 aromatic heterocycles. The number of ether oxygens (including phenoxy) is 3. The first kappa shape index (κ1) is 15.2. The van der Waals surface area contributed by atoms with Crippen LogP contribution in [0.15, 0.2) is 18.2 Å². The van der Waals surface area contributed by atoms with Gasteiger partial charge in [-0.1, -0.05) is 6.07 Å². The summed E-state index contributed by atoms with van der Waals surface area (Å²) in [5.41, 5.74) is 1.22. The third-order valence-electron chi connectivity index (χ3n) is 4.58. The van der Waals surface area contributed by atoms with Crippen LogP contribution in [-0.2, 0) is 9.53 Å². The topological polar surface area (TPSA) is 48.0 Å². The second kappa shape index (κ2) is 6.57. The Hall–Kier alpha value is -1.75. The van der Waals surface area contributed by atoms with Gasteiger partial charge in [-0.25, -0.2) is 0 Å². The Labute approximate surface area is 131 Å². The lowest BCUT2D eigenvalue weighted by molar-refractivity contribution is -0.149. The van der Waals surface area contributed by atoms with E-state index >= 15 is 0 Å². The number of rotatable bonds is 4. The molecule has 0 bridgehead atoms. The normalized spacial score (nSPS) is 19.9. The van der Waals surface area contributed by atoms with Crippen LogP contribution in [0.4, 0.5) is 0 Å². The van der Waals surface area contributed by atoms with Crippen LogP contribution in [0.25, 0.3) is 0 Å². The third kappa shape index (κ3) is 3.04. The number of fused-ring (bicyclic) bond motifs is 1. The van der Waals surface area contributed by atoms with Crippen molar-refractivity contribution in [1.29, 1.82) is 0 Å². The van der Waals surface area contributed by atoms with E-state index in [1.54, 1.807) is 0 Å². The van der Waals surface area contributed by atoms with Crippen LogP contribution in [-0.4, -0.2) is 37.4 Å². The fraction of sp³-hybridized carbons (Fsp3) is 0.588. The van der Waals surface area contributed by atoms with E-state index in [0.29, 0.717) is 19.4 Å². The van der Waals surface area contributed by atoms with Crippen LogP contribution in [0.1, 0.15) is 38.3 Å². The van der Waals surface area contributed by atoms with E-state index in [2.05, 4.69) is 24.0 Å². The molecule has 1 aromatic carbocycles. The summed E-state index contributed by atoms with van der Waals surface area (Å²) in [4.78, 5) is 14.2. The van der Waals surface area contributed by atoms with Crippen molar-refractivity contribution in [2.75, 3.05) is 26.5 Å². The Morgan fingerprint density at radius 2 is 2.05 bits per heavy atom. The predicted octanol–water partition coefficient (Wildman–Crippen LogP) is 2.75. The molecule has 1 saturated heterocycles. The van der Waals surface area contributed by atoms with Gasteiger partial charge in [0.1, 0.15) is 0 Å². The minimum absolute atomic E-state index is 0.0436. The zero-order valence-electron chi connectivity index (χ0n) is 13.2. The van der Waals surface area contributed by atoms with E-state index in [4.69, 9.17) is 14.2 Å². The van der Waals surface area contributed by atoms with Crippen molar-refractivity contribution in [2.45, 2.75) is 32.7 Å². The van der Waals surface area contributed by atoms with Gasteiger partial charge in [-0.2, -0.15) is 0 Å². The Bertz CT molecular complexity index is 537. The number of hydrogen-bond donors (Lipinski definition) is 0. The largest absolute Gasteiger partial charge is 0.466 e. The average Bonchev–Trinajstić information content (AvgIpc) is 3.02. The molecule has 0 spiro atoms. The highest BCUT2D eigenvalue weighted by molar-refractivity contribution is 5.72. The van der Waals surface area contributed by atoms with Crippen LogP contribution in [0, 0.1) is 5.92 Å². The fourth-order valence-corrected chi connectivity index (χ4v) is 3.17. The minimum atomic E-state index is -0.0436. The van der Waals surface area contributed by atoms with Gasteiger partial charge in [-0.05, 0) is 57.5 Å². The van der Waals surface area contributed by atoms with E-state index in [1.165, 1.54) is 5.56 Å². The van der Waals surface area contributed by atoms with Crippen molar-refractivity contribution < 1.29 is 19.0 Å². The average molecular weight is 305 g/mol. The maximum Gasteiger partial charge on any atom is 0.309 e. The number of esters is 1. The van der Waals surface area contributed by atoms with Gasteiger partial charge in [-0.3, -0.25) is 9.69 Å². The summed E-state index contributed by atoms with van der Waals surface area (Å²) in [5, 5.41) is 0. The second-order valence-electron chi connectivity index (χ2n) is 5.85. The molecule has 1 aromatic rings. The zero-order chi connectivity index (χ0) is 15.5. The Morgan fingerprint density at radius 3 is 2.77 bits per heavy atom. The molecular formula is C17H23NO4.